The van der Waals surface area contributed by atoms with Gasteiger partial charge in [0.1, 0.15) is 0 Å². The Morgan fingerprint density at radius 2 is 2.44 bits per heavy atom. The molecule has 0 rings (SSSR count). The van der Waals surface area contributed by atoms with Crippen LogP contribution < -0.4 is 0 Å². The van der Waals surface area contributed by atoms with Crippen LogP contribution in [0.5, 0.6) is 0 Å². The SMILES string of the molecule is C#C[C](CC=C)CCC. The molecule has 0 spiro atoms. The topological polar surface area (TPSA) is 0 Å². The van der Waals surface area contributed by atoms with Gasteiger partial charge < -0.3 is 0 Å². The fraction of sp³-hybridized carbons (Fsp3) is 0.444. The Morgan fingerprint density at radius 3 is 2.78 bits per heavy atom. The van der Waals surface area contributed by atoms with Gasteiger partial charge in [-0.1, -0.05) is 25.3 Å². The van der Waals surface area contributed by atoms with E-state index in [0.717, 1.165) is 25.2 Å². The van der Waals surface area contributed by atoms with Crippen LogP contribution in [0.25, 0.3) is 0 Å². The number of hydrogen-bond acceptors (Lipinski definition) is 0. The van der Waals surface area contributed by atoms with E-state index in [2.05, 4.69) is 19.4 Å². The van der Waals surface area contributed by atoms with Gasteiger partial charge in [0, 0.05) is 0 Å². The predicted octanol–water partition coefficient (Wildman–Crippen LogP) is 2.57. The summed E-state index contributed by atoms with van der Waals surface area (Å²) in [6, 6.07) is 0. The first kappa shape index (κ1) is 8.30. The van der Waals surface area contributed by atoms with Gasteiger partial charge in [0.15, 0.2) is 0 Å². The van der Waals surface area contributed by atoms with Gasteiger partial charge in [-0.05, 0) is 12.8 Å². The van der Waals surface area contributed by atoms with Gasteiger partial charge in [-0.25, -0.2) is 0 Å². The molecule has 0 aromatic carbocycles. The molecule has 0 amide bonds. The van der Waals surface area contributed by atoms with Crippen molar-refractivity contribution in [3.8, 4) is 12.3 Å². The third-order valence-corrected chi connectivity index (χ3v) is 1.15. The summed E-state index contributed by atoms with van der Waals surface area (Å²) in [5.74, 6) is 3.81. The van der Waals surface area contributed by atoms with E-state index in [0.29, 0.717) is 0 Å². The minimum Gasteiger partial charge on any atom is -0.119 e. The average Bonchev–Trinajstić information content (AvgIpc) is 1.88. The Hall–Kier alpha value is -0.700. The van der Waals surface area contributed by atoms with Gasteiger partial charge >= 0.3 is 0 Å². The molecule has 0 saturated carbocycles. The van der Waals surface area contributed by atoms with Crippen LogP contribution in [-0.2, 0) is 0 Å². The summed E-state index contributed by atoms with van der Waals surface area (Å²) in [6.45, 7) is 5.74. The highest BCUT2D eigenvalue weighted by Crippen LogP contribution is 2.11. The van der Waals surface area contributed by atoms with Crippen LogP contribution >= 0.6 is 0 Å². The van der Waals surface area contributed by atoms with E-state index in [1.54, 1.807) is 0 Å². The van der Waals surface area contributed by atoms with Crippen molar-refractivity contribution in [1.29, 1.82) is 0 Å². The second-order valence-corrected chi connectivity index (χ2v) is 1.99. The molecule has 49 valence electrons. The zero-order valence-corrected chi connectivity index (χ0v) is 5.98. The lowest BCUT2D eigenvalue weighted by atomic mass is 10.0. The van der Waals surface area contributed by atoms with Crippen molar-refractivity contribution in [3.05, 3.63) is 18.6 Å². The molecule has 9 heavy (non-hydrogen) atoms. The first-order chi connectivity index (χ1) is 4.35. The second kappa shape index (κ2) is 5.44. The molecule has 0 atom stereocenters. The minimum atomic E-state index is 0.879. The normalized spacial score (nSPS) is 9.00. The Bertz CT molecular complexity index is 106. The third-order valence-electron chi connectivity index (χ3n) is 1.15. The third kappa shape index (κ3) is 3.85. The van der Waals surface area contributed by atoms with Crippen molar-refractivity contribution in [2.45, 2.75) is 26.2 Å². The monoisotopic (exact) mass is 121 g/mol. The molecule has 0 bridgehead atoms. The van der Waals surface area contributed by atoms with E-state index in [1.807, 2.05) is 6.08 Å². The molecule has 0 aliphatic carbocycles. The number of rotatable bonds is 4. The van der Waals surface area contributed by atoms with E-state index in [1.165, 1.54) is 0 Å². The summed E-state index contributed by atoms with van der Waals surface area (Å²) in [7, 11) is 0. The smallest absolute Gasteiger partial charge is 0.0514 e. The molecule has 0 heteroatoms. The van der Waals surface area contributed by atoms with Crippen LogP contribution in [0.1, 0.15) is 26.2 Å². The molecule has 0 saturated heterocycles. The Balaban J connectivity index is 3.44. The summed E-state index contributed by atoms with van der Waals surface area (Å²) in [5.41, 5.74) is 0. The van der Waals surface area contributed by atoms with Crippen molar-refractivity contribution < 1.29 is 0 Å². The summed E-state index contributed by atoms with van der Waals surface area (Å²) in [6.07, 6.45) is 10.1. The fourth-order valence-electron chi connectivity index (χ4n) is 0.709. The summed E-state index contributed by atoms with van der Waals surface area (Å²) in [5, 5.41) is 0. The summed E-state index contributed by atoms with van der Waals surface area (Å²) in [4.78, 5) is 0. The fourth-order valence-corrected chi connectivity index (χ4v) is 0.709. The van der Waals surface area contributed by atoms with Gasteiger partial charge in [-0.3, -0.25) is 0 Å². The maximum atomic E-state index is 5.21. The Morgan fingerprint density at radius 1 is 1.78 bits per heavy atom. The van der Waals surface area contributed by atoms with E-state index >= 15 is 0 Å². The first-order valence-electron chi connectivity index (χ1n) is 3.27. The molecular weight excluding hydrogens is 108 g/mol. The lowest BCUT2D eigenvalue weighted by Gasteiger charge is -2.01. The van der Waals surface area contributed by atoms with Gasteiger partial charge in [0.05, 0.1) is 5.92 Å². The van der Waals surface area contributed by atoms with E-state index in [-0.39, 0.29) is 0 Å². The van der Waals surface area contributed by atoms with Crippen molar-refractivity contribution >= 4 is 0 Å². The maximum absolute atomic E-state index is 5.21. The Kier molecular flexibility index (Phi) is 5.01. The second-order valence-electron chi connectivity index (χ2n) is 1.99. The summed E-state index contributed by atoms with van der Waals surface area (Å²) < 4.78 is 0. The predicted molar refractivity (Wildman–Crippen MR) is 41.8 cm³/mol. The Labute approximate surface area is 58.0 Å². The molecule has 1 radical (unpaired) electrons. The van der Waals surface area contributed by atoms with Gasteiger partial charge in [-0.2, -0.15) is 0 Å². The maximum Gasteiger partial charge on any atom is 0.0514 e. The molecule has 0 aromatic rings. The van der Waals surface area contributed by atoms with Gasteiger partial charge in [-0.15, -0.1) is 13.0 Å². The van der Waals surface area contributed by atoms with Crippen LogP contribution in [0, 0.1) is 18.3 Å². The molecule has 0 fully saturated rings. The van der Waals surface area contributed by atoms with Crippen LogP contribution in [0.4, 0.5) is 0 Å². The van der Waals surface area contributed by atoms with E-state index in [9.17, 15) is 0 Å². The lowest BCUT2D eigenvalue weighted by Crippen LogP contribution is -1.89. The molecular formula is C9H13. The van der Waals surface area contributed by atoms with E-state index < -0.39 is 0 Å². The zero-order valence-electron chi connectivity index (χ0n) is 5.98. The highest BCUT2D eigenvalue weighted by molar-refractivity contribution is 5.18. The van der Waals surface area contributed by atoms with Crippen LogP contribution in [0.2, 0.25) is 0 Å². The average molecular weight is 121 g/mol. The molecule has 0 aliphatic heterocycles. The molecule has 0 N–H and O–H groups in total. The largest absolute Gasteiger partial charge is 0.119 e. The van der Waals surface area contributed by atoms with Crippen LogP contribution in [0.15, 0.2) is 12.7 Å². The van der Waals surface area contributed by atoms with Gasteiger partial charge in [0.2, 0.25) is 0 Å². The number of terminal acetylenes is 1. The first-order valence-corrected chi connectivity index (χ1v) is 3.27. The van der Waals surface area contributed by atoms with Crippen molar-refractivity contribution in [3.63, 3.8) is 0 Å². The molecule has 0 heterocycles. The standard InChI is InChI=1S/C9H13/c1-4-7-9(6-3)8-5-2/h3-4H,1,5,7-8H2,2H3. The van der Waals surface area contributed by atoms with E-state index in [4.69, 9.17) is 6.42 Å². The minimum absolute atomic E-state index is 0.879. The summed E-state index contributed by atoms with van der Waals surface area (Å²) >= 11 is 0. The molecule has 0 nitrogen and oxygen atoms in total. The highest BCUT2D eigenvalue weighted by Gasteiger charge is 1.99. The van der Waals surface area contributed by atoms with Crippen molar-refractivity contribution in [1.82, 2.24) is 0 Å². The molecule has 0 aliphatic rings. The highest BCUT2D eigenvalue weighted by atomic mass is 14.0. The zero-order chi connectivity index (χ0) is 7.11. The van der Waals surface area contributed by atoms with Crippen LogP contribution in [-0.4, -0.2) is 0 Å². The number of hydrogen-bond donors (Lipinski definition) is 0. The molecule has 0 aromatic heterocycles. The van der Waals surface area contributed by atoms with Crippen molar-refractivity contribution in [2.24, 2.45) is 0 Å². The van der Waals surface area contributed by atoms with Crippen LogP contribution in [0.3, 0.4) is 0 Å². The quantitative estimate of drug-likeness (QED) is 0.396. The number of allylic oxidation sites excluding steroid dienone is 1. The lowest BCUT2D eigenvalue weighted by molar-refractivity contribution is 0.821. The molecule has 0 unspecified atom stereocenters. The van der Waals surface area contributed by atoms with Gasteiger partial charge in [0.25, 0.3) is 0 Å². The van der Waals surface area contributed by atoms with Crippen molar-refractivity contribution in [2.75, 3.05) is 0 Å².